The monoisotopic (exact) mass is 430 g/mol. The van der Waals surface area contributed by atoms with Crippen LogP contribution >= 0.6 is 0 Å². The van der Waals surface area contributed by atoms with Gasteiger partial charge in [0, 0.05) is 31.7 Å². The van der Waals surface area contributed by atoms with Crippen LogP contribution in [0.15, 0.2) is 59.5 Å². The zero-order valence-corrected chi connectivity index (χ0v) is 18.6. The number of benzene rings is 2. The number of rotatable bonds is 7. The second kappa shape index (κ2) is 9.62. The van der Waals surface area contributed by atoms with Crippen molar-refractivity contribution in [3.8, 4) is 5.75 Å². The lowest BCUT2D eigenvalue weighted by Crippen LogP contribution is -2.39. The van der Waals surface area contributed by atoms with Gasteiger partial charge in [-0.25, -0.2) is 8.42 Å². The molecule has 0 spiro atoms. The van der Waals surface area contributed by atoms with Gasteiger partial charge in [-0.15, -0.1) is 0 Å². The van der Waals surface area contributed by atoms with Gasteiger partial charge >= 0.3 is 0 Å². The van der Waals surface area contributed by atoms with Gasteiger partial charge in [-0.3, -0.25) is 4.79 Å². The fourth-order valence-corrected chi connectivity index (χ4v) is 4.86. The average molecular weight is 431 g/mol. The zero-order valence-electron chi connectivity index (χ0n) is 17.8. The molecule has 0 saturated carbocycles. The van der Waals surface area contributed by atoms with Crippen LogP contribution in [0.1, 0.15) is 37.0 Å². The summed E-state index contributed by atoms with van der Waals surface area (Å²) in [6, 6.07) is 15.9. The Hall–Kier alpha value is -2.38. The Morgan fingerprint density at radius 2 is 1.77 bits per heavy atom. The van der Waals surface area contributed by atoms with Crippen molar-refractivity contribution in [1.29, 1.82) is 0 Å². The van der Waals surface area contributed by atoms with Gasteiger partial charge in [-0.05, 0) is 62.9 Å². The molecule has 1 saturated heterocycles. The first-order valence-electron chi connectivity index (χ1n) is 10.3. The molecular weight excluding hydrogens is 400 g/mol. The van der Waals surface area contributed by atoms with E-state index in [2.05, 4.69) is 0 Å². The molecular formula is C23H30N2O4S. The van der Waals surface area contributed by atoms with Gasteiger partial charge in [0.2, 0.25) is 10.0 Å². The summed E-state index contributed by atoms with van der Waals surface area (Å²) in [4.78, 5) is 14.9. The Bertz CT molecular complexity index is 952. The van der Waals surface area contributed by atoms with E-state index in [1.165, 1.54) is 16.4 Å². The summed E-state index contributed by atoms with van der Waals surface area (Å²) < 4.78 is 32.6. The van der Waals surface area contributed by atoms with E-state index in [1.54, 1.807) is 24.1 Å². The summed E-state index contributed by atoms with van der Waals surface area (Å²) in [5.74, 6) is 1.14. The van der Waals surface area contributed by atoms with Crippen LogP contribution in [-0.4, -0.2) is 56.3 Å². The molecule has 0 N–H and O–H groups in total. The van der Waals surface area contributed by atoms with E-state index < -0.39 is 10.0 Å². The van der Waals surface area contributed by atoms with Gasteiger partial charge in [0.25, 0.3) is 5.91 Å². The largest absolute Gasteiger partial charge is 0.493 e. The molecule has 3 rings (SSSR count). The number of carbonyl (C=O) groups is 1. The maximum Gasteiger partial charge on any atom is 0.253 e. The molecule has 7 heteroatoms. The first kappa shape index (κ1) is 22.3. The van der Waals surface area contributed by atoms with Crippen LogP contribution in [0.2, 0.25) is 0 Å². The quantitative estimate of drug-likeness (QED) is 0.673. The number of nitrogens with zero attached hydrogens (tertiary/aromatic N) is 2. The van der Waals surface area contributed by atoms with Crippen molar-refractivity contribution in [2.45, 2.75) is 37.6 Å². The highest BCUT2D eigenvalue weighted by molar-refractivity contribution is 7.89. The van der Waals surface area contributed by atoms with Crippen molar-refractivity contribution in [1.82, 2.24) is 9.21 Å². The maximum atomic E-state index is 13.0. The maximum absolute atomic E-state index is 13.0. The van der Waals surface area contributed by atoms with Gasteiger partial charge in [-0.2, -0.15) is 4.31 Å². The number of ether oxygens (including phenoxy) is 1. The lowest BCUT2D eigenvalue weighted by molar-refractivity contribution is 0.0661. The summed E-state index contributed by atoms with van der Waals surface area (Å²) in [6.07, 6.45) is 1.74. The van der Waals surface area contributed by atoms with Crippen LogP contribution in [0, 0.1) is 5.92 Å². The predicted molar refractivity (Wildman–Crippen MR) is 117 cm³/mol. The van der Waals surface area contributed by atoms with Crippen molar-refractivity contribution in [3.05, 3.63) is 60.2 Å². The second-order valence-electron chi connectivity index (χ2n) is 8.00. The number of hydrogen-bond donors (Lipinski definition) is 0. The number of likely N-dealkylation sites (tertiary alicyclic amines) is 1. The van der Waals surface area contributed by atoms with Crippen LogP contribution in [0.4, 0.5) is 0 Å². The molecule has 2 aromatic rings. The molecule has 6 nitrogen and oxygen atoms in total. The Morgan fingerprint density at radius 1 is 1.10 bits per heavy atom. The minimum atomic E-state index is -3.62. The first-order valence-corrected chi connectivity index (χ1v) is 11.8. The number of para-hydroxylation sites is 1. The third-order valence-corrected chi connectivity index (χ3v) is 7.65. The topological polar surface area (TPSA) is 66.9 Å². The van der Waals surface area contributed by atoms with Crippen LogP contribution in [0.3, 0.4) is 0 Å². The number of piperidine rings is 1. The Morgan fingerprint density at radius 3 is 2.40 bits per heavy atom. The van der Waals surface area contributed by atoms with Crippen molar-refractivity contribution in [2.24, 2.45) is 5.92 Å². The van der Waals surface area contributed by atoms with E-state index in [9.17, 15) is 13.2 Å². The molecule has 1 fully saturated rings. The molecule has 1 heterocycles. The minimum Gasteiger partial charge on any atom is -0.493 e. The molecule has 1 amide bonds. The number of sulfonamides is 1. The van der Waals surface area contributed by atoms with Gasteiger partial charge in [0.05, 0.1) is 11.5 Å². The van der Waals surface area contributed by atoms with E-state index in [0.29, 0.717) is 31.2 Å². The zero-order chi connectivity index (χ0) is 21.7. The van der Waals surface area contributed by atoms with Crippen molar-refractivity contribution < 1.29 is 17.9 Å². The molecule has 1 aliphatic heterocycles. The molecule has 0 unspecified atom stereocenters. The molecule has 0 aromatic heterocycles. The highest BCUT2D eigenvalue weighted by atomic mass is 32.2. The van der Waals surface area contributed by atoms with Crippen molar-refractivity contribution in [3.63, 3.8) is 0 Å². The lowest BCUT2D eigenvalue weighted by Gasteiger charge is -2.32. The number of carbonyl (C=O) groups excluding carboxylic acids is 1. The third kappa shape index (κ3) is 5.21. The van der Waals surface area contributed by atoms with Gasteiger partial charge < -0.3 is 9.64 Å². The fourth-order valence-electron chi connectivity index (χ4n) is 3.45. The molecule has 0 bridgehead atoms. The molecule has 0 atom stereocenters. The highest BCUT2D eigenvalue weighted by Crippen LogP contribution is 2.23. The molecule has 162 valence electrons. The van der Waals surface area contributed by atoms with E-state index in [1.807, 2.05) is 44.2 Å². The standard InChI is InChI=1S/C23H30N2O4S/c1-18(2)24(3)30(27,28)22-11-7-8-20(16-22)23(26)25-14-12-19(13-15-25)17-29-21-9-5-4-6-10-21/h4-11,16,18-19H,12-15,17H2,1-3H3. The Balaban J connectivity index is 1.60. The number of amides is 1. The van der Waals surface area contributed by atoms with Crippen LogP contribution in [-0.2, 0) is 10.0 Å². The molecule has 1 aliphatic rings. The molecule has 0 aliphatic carbocycles. The summed E-state index contributed by atoms with van der Waals surface area (Å²) in [7, 11) is -2.07. The second-order valence-corrected chi connectivity index (χ2v) is 10.00. The van der Waals surface area contributed by atoms with Crippen LogP contribution in [0.5, 0.6) is 5.75 Å². The van der Waals surface area contributed by atoms with Gasteiger partial charge in [-0.1, -0.05) is 24.3 Å². The van der Waals surface area contributed by atoms with Crippen LogP contribution in [0.25, 0.3) is 0 Å². The summed E-state index contributed by atoms with van der Waals surface area (Å²) in [5.41, 5.74) is 0.409. The Kier molecular flexibility index (Phi) is 7.15. The smallest absolute Gasteiger partial charge is 0.253 e. The average Bonchev–Trinajstić information content (AvgIpc) is 2.77. The SMILES string of the molecule is CC(C)N(C)S(=O)(=O)c1cccc(C(=O)N2CCC(COc3ccccc3)CC2)c1. The first-order chi connectivity index (χ1) is 14.3. The normalized spacial score (nSPS) is 15.6. The Labute approximate surface area is 179 Å². The summed E-state index contributed by atoms with van der Waals surface area (Å²) in [5, 5.41) is 0. The predicted octanol–water partition coefficient (Wildman–Crippen LogP) is 3.65. The van der Waals surface area contributed by atoms with E-state index in [-0.39, 0.29) is 16.8 Å². The highest BCUT2D eigenvalue weighted by Gasteiger charge is 2.27. The number of hydrogen-bond acceptors (Lipinski definition) is 4. The van der Waals surface area contributed by atoms with Crippen molar-refractivity contribution in [2.75, 3.05) is 26.7 Å². The van der Waals surface area contributed by atoms with E-state index in [0.717, 1.165) is 18.6 Å². The van der Waals surface area contributed by atoms with E-state index in [4.69, 9.17) is 4.74 Å². The molecule has 0 radical (unpaired) electrons. The minimum absolute atomic E-state index is 0.123. The van der Waals surface area contributed by atoms with Gasteiger partial charge in [0.15, 0.2) is 0 Å². The molecule has 30 heavy (non-hydrogen) atoms. The third-order valence-electron chi connectivity index (χ3n) is 5.62. The molecule has 2 aromatic carbocycles. The summed E-state index contributed by atoms with van der Waals surface area (Å²) >= 11 is 0. The van der Waals surface area contributed by atoms with Crippen molar-refractivity contribution >= 4 is 15.9 Å². The van der Waals surface area contributed by atoms with Crippen LogP contribution < -0.4 is 4.74 Å². The summed E-state index contributed by atoms with van der Waals surface area (Å²) in [6.45, 7) is 5.56. The van der Waals surface area contributed by atoms with E-state index >= 15 is 0 Å². The van der Waals surface area contributed by atoms with Gasteiger partial charge in [0.1, 0.15) is 5.75 Å². The fraction of sp³-hybridized carbons (Fsp3) is 0.435. The lowest BCUT2D eigenvalue weighted by atomic mass is 9.97.